The summed E-state index contributed by atoms with van der Waals surface area (Å²) in [7, 11) is 0. The number of fused-ring (bicyclic) bond motifs is 1. The molecule has 0 aliphatic heterocycles. The molecule has 2 aromatic rings. The van der Waals surface area contributed by atoms with Crippen molar-refractivity contribution in [3.8, 4) is 0 Å². The largest absolute Gasteiger partial charge is 0.347 e. The van der Waals surface area contributed by atoms with Crippen molar-refractivity contribution in [1.82, 2.24) is 25.7 Å². The second-order valence-corrected chi connectivity index (χ2v) is 13.1. The molecule has 1 aromatic carbocycles. The number of aromatic nitrogens is 2. The topological polar surface area (TPSA) is 134 Å². The lowest BCUT2D eigenvalue weighted by Crippen LogP contribution is -2.50. The quantitative estimate of drug-likeness (QED) is 0.298. The summed E-state index contributed by atoms with van der Waals surface area (Å²) in [6, 6.07) is 4.00. The van der Waals surface area contributed by atoms with Crippen LogP contribution in [0.1, 0.15) is 99.4 Å². The highest BCUT2D eigenvalue weighted by atomic mass is 19.1. The highest BCUT2D eigenvalue weighted by Crippen LogP contribution is 2.51. The summed E-state index contributed by atoms with van der Waals surface area (Å²) < 4.78 is 16.0. The van der Waals surface area contributed by atoms with E-state index in [0.29, 0.717) is 17.5 Å². The van der Waals surface area contributed by atoms with Gasteiger partial charge in [0, 0.05) is 18.7 Å². The van der Waals surface area contributed by atoms with Crippen LogP contribution in [0.15, 0.2) is 24.4 Å². The maximum absolute atomic E-state index is 14.7. The third-order valence-electron chi connectivity index (χ3n) is 9.28. The summed E-state index contributed by atoms with van der Waals surface area (Å²) in [6.07, 6.45) is 8.46. The molecule has 1 heterocycles. The number of nitrogens with zero attached hydrogens (tertiary/aromatic N) is 2. The van der Waals surface area contributed by atoms with Crippen molar-refractivity contribution in [3.05, 3.63) is 47.0 Å². The molecule has 11 heteroatoms. The number of anilines is 1. The van der Waals surface area contributed by atoms with Crippen LogP contribution in [0.5, 0.6) is 0 Å². The smallest absolute Gasteiger partial charge is 0.273 e. The van der Waals surface area contributed by atoms with Crippen LogP contribution in [0, 0.1) is 29.5 Å². The van der Waals surface area contributed by atoms with Crippen molar-refractivity contribution in [2.45, 2.75) is 96.3 Å². The molecule has 1 aromatic heterocycles. The Labute approximate surface area is 250 Å². The Morgan fingerprint density at radius 1 is 0.930 bits per heavy atom. The molecule has 4 aliphatic rings. The first-order valence-electron chi connectivity index (χ1n) is 15.7. The van der Waals surface area contributed by atoms with E-state index in [2.05, 4.69) is 26.4 Å². The number of hydrogen-bond donors (Lipinski definition) is 4. The summed E-state index contributed by atoms with van der Waals surface area (Å²) in [5.74, 6) is -1.10. The first kappa shape index (κ1) is 29.3. The predicted molar refractivity (Wildman–Crippen MR) is 157 cm³/mol. The lowest BCUT2D eigenvalue weighted by Gasteiger charge is -2.28. The van der Waals surface area contributed by atoms with Crippen molar-refractivity contribution < 1.29 is 23.6 Å². The molecule has 4 aliphatic carbocycles. The van der Waals surface area contributed by atoms with Crippen LogP contribution in [-0.4, -0.2) is 45.5 Å². The minimum atomic E-state index is -0.796. The molecule has 10 nitrogen and oxygen atoms in total. The van der Waals surface area contributed by atoms with Gasteiger partial charge in [-0.3, -0.25) is 23.9 Å². The van der Waals surface area contributed by atoms with Crippen molar-refractivity contribution in [3.63, 3.8) is 0 Å². The van der Waals surface area contributed by atoms with E-state index in [9.17, 15) is 23.6 Å². The van der Waals surface area contributed by atoms with E-state index in [1.165, 1.54) is 11.6 Å². The Morgan fingerprint density at radius 2 is 1.60 bits per heavy atom. The zero-order valence-electron chi connectivity index (χ0n) is 25.0. The molecule has 4 amide bonds. The number of nitrogens with one attached hydrogen (secondary N) is 4. The van der Waals surface area contributed by atoms with Gasteiger partial charge >= 0.3 is 0 Å². The molecule has 0 unspecified atom stereocenters. The van der Waals surface area contributed by atoms with Gasteiger partial charge in [0.2, 0.25) is 17.7 Å². The third kappa shape index (κ3) is 6.45. The normalized spacial score (nSPS) is 20.8. The number of rotatable bonds is 12. The minimum Gasteiger partial charge on any atom is -0.347 e. The van der Waals surface area contributed by atoms with Gasteiger partial charge in [0.15, 0.2) is 11.5 Å². The molecule has 43 heavy (non-hydrogen) atoms. The summed E-state index contributed by atoms with van der Waals surface area (Å²) in [5.41, 5.74) is 2.49. The monoisotopic (exact) mass is 592 g/mol. The average molecular weight is 593 g/mol. The van der Waals surface area contributed by atoms with Gasteiger partial charge in [0.05, 0.1) is 12.2 Å². The van der Waals surface area contributed by atoms with E-state index >= 15 is 0 Å². The highest BCUT2D eigenvalue weighted by molar-refractivity contribution is 6.01. The number of benzene rings is 1. The van der Waals surface area contributed by atoms with Crippen LogP contribution >= 0.6 is 0 Å². The summed E-state index contributed by atoms with van der Waals surface area (Å²) in [4.78, 5) is 51.9. The second kappa shape index (κ2) is 11.7. The summed E-state index contributed by atoms with van der Waals surface area (Å²) in [6.45, 7) is 5.07. The Bertz CT molecular complexity index is 1410. The number of hydrogen-bond acceptors (Lipinski definition) is 5. The van der Waals surface area contributed by atoms with Crippen LogP contribution in [0.25, 0.3) is 0 Å². The fourth-order valence-corrected chi connectivity index (χ4v) is 6.76. The van der Waals surface area contributed by atoms with Gasteiger partial charge in [-0.15, -0.1) is 0 Å². The summed E-state index contributed by atoms with van der Waals surface area (Å²) >= 11 is 0. The van der Waals surface area contributed by atoms with Crippen LogP contribution in [0.3, 0.4) is 0 Å². The van der Waals surface area contributed by atoms with E-state index in [4.69, 9.17) is 0 Å². The zero-order valence-corrected chi connectivity index (χ0v) is 25.0. The van der Waals surface area contributed by atoms with Crippen molar-refractivity contribution >= 4 is 29.3 Å². The highest BCUT2D eigenvalue weighted by Gasteiger charge is 2.48. The summed E-state index contributed by atoms with van der Waals surface area (Å²) in [5, 5.41) is 15.9. The van der Waals surface area contributed by atoms with Crippen LogP contribution < -0.4 is 21.3 Å². The molecule has 0 spiro atoms. The Balaban J connectivity index is 1.17. The van der Waals surface area contributed by atoms with Gasteiger partial charge < -0.3 is 21.3 Å². The Hall–Kier alpha value is -3.76. The molecule has 0 bridgehead atoms. The van der Waals surface area contributed by atoms with Gasteiger partial charge in [0.1, 0.15) is 12.1 Å². The molecule has 6 rings (SSSR count). The van der Waals surface area contributed by atoms with E-state index in [1.807, 2.05) is 32.0 Å². The maximum atomic E-state index is 14.7. The van der Waals surface area contributed by atoms with Crippen LogP contribution in [-0.2, 0) is 20.8 Å². The molecular formula is C32H41FN6O4. The first-order valence-corrected chi connectivity index (χ1v) is 15.7. The molecule has 3 fully saturated rings. The third-order valence-corrected chi connectivity index (χ3v) is 9.28. The number of carbonyl (C=O) groups excluding carboxylic acids is 4. The lowest BCUT2D eigenvalue weighted by molar-refractivity contribution is -0.129. The van der Waals surface area contributed by atoms with Crippen molar-refractivity contribution in [2.75, 3.05) is 5.32 Å². The number of halogens is 1. The molecule has 0 radical (unpaired) electrons. The fourth-order valence-electron chi connectivity index (χ4n) is 6.76. The molecule has 3 atom stereocenters. The van der Waals surface area contributed by atoms with Gasteiger partial charge in [0.25, 0.3) is 5.91 Å². The standard InChI is InChI=1S/C32H41FN6O4/c1-16(2)39-29(24(33)15-34-39)32(43)38-28(26(18-4-5-18)19-6-7-19)31(42)36-22-11-12-23-21(14-22)10-13-25(23)37-30(41)27(20-8-9-20)35-17(3)40/h11-12,14-16,18-20,25-28H,4-10,13H2,1-3H3,(H,35,40)(H,36,42)(H,37,41)(H,38,43)/t25-,27-,28+/m1/s1. The number of amides is 4. The van der Waals surface area contributed by atoms with Gasteiger partial charge in [-0.2, -0.15) is 5.10 Å². The molecule has 4 N–H and O–H groups in total. The van der Waals surface area contributed by atoms with Gasteiger partial charge in [-0.25, -0.2) is 4.39 Å². The predicted octanol–water partition coefficient (Wildman–Crippen LogP) is 3.79. The molecule has 230 valence electrons. The van der Waals surface area contributed by atoms with E-state index in [0.717, 1.165) is 68.7 Å². The van der Waals surface area contributed by atoms with Crippen molar-refractivity contribution in [2.24, 2.45) is 23.7 Å². The first-order chi connectivity index (χ1) is 20.6. The Morgan fingerprint density at radius 3 is 2.21 bits per heavy atom. The SMILES string of the molecule is CC(=O)N[C@@H](C(=O)N[C@@H]1CCc2cc(NC(=O)[C@@H](NC(=O)c3c(F)cnn3C(C)C)C(C3CC3)C3CC3)ccc21)C1CC1. The number of carbonyl (C=O) groups is 4. The molecule has 3 saturated carbocycles. The molecular weight excluding hydrogens is 551 g/mol. The second-order valence-electron chi connectivity index (χ2n) is 13.1. The molecule has 0 saturated heterocycles. The van der Waals surface area contributed by atoms with E-state index in [-0.39, 0.29) is 47.3 Å². The van der Waals surface area contributed by atoms with E-state index < -0.39 is 23.8 Å². The van der Waals surface area contributed by atoms with Gasteiger partial charge in [-0.1, -0.05) is 6.07 Å². The maximum Gasteiger partial charge on any atom is 0.273 e. The minimum absolute atomic E-state index is 0.000484. The van der Waals surface area contributed by atoms with Crippen LogP contribution in [0.2, 0.25) is 0 Å². The Kier molecular flexibility index (Phi) is 8.00. The zero-order chi connectivity index (χ0) is 30.4. The van der Waals surface area contributed by atoms with Gasteiger partial charge in [-0.05, 0) is 112 Å². The fraction of sp³-hybridized carbons (Fsp3) is 0.594. The number of aryl methyl sites for hydroxylation is 1. The van der Waals surface area contributed by atoms with E-state index in [1.54, 1.807) is 0 Å². The van der Waals surface area contributed by atoms with Crippen LogP contribution in [0.4, 0.5) is 10.1 Å². The average Bonchev–Trinajstić information content (AvgIpc) is 3.84. The van der Waals surface area contributed by atoms with Crippen molar-refractivity contribution in [1.29, 1.82) is 0 Å². The lowest BCUT2D eigenvalue weighted by atomic mass is 9.88.